The van der Waals surface area contributed by atoms with Crippen molar-refractivity contribution in [1.29, 1.82) is 0 Å². The van der Waals surface area contributed by atoms with Crippen molar-refractivity contribution in [2.75, 3.05) is 19.8 Å². The number of hydrogen-bond donors (Lipinski definition) is 2. The van der Waals surface area contributed by atoms with Gasteiger partial charge in [0, 0.05) is 6.54 Å². The summed E-state index contributed by atoms with van der Waals surface area (Å²) in [5.41, 5.74) is 4.75. The van der Waals surface area contributed by atoms with Gasteiger partial charge in [-0.1, -0.05) is 0 Å². The number of hydrogen-bond acceptors (Lipinski definition) is 3. The van der Waals surface area contributed by atoms with Crippen molar-refractivity contribution in [1.82, 2.24) is 5.32 Å². The molecule has 0 saturated carbocycles. The van der Waals surface area contributed by atoms with E-state index in [0.717, 1.165) is 0 Å². The summed E-state index contributed by atoms with van der Waals surface area (Å²) in [4.78, 5) is 19.7. The first kappa shape index (κ1) is 8.90. The predicted molar refractivity (Wildman–Crippen MR) is 34.1 cm³/mol. The van der Waals surface area contributed by atoms with Crippen molar-refractivity contribution in [2.24, 2.45) is 5.73 Å². The number of nitrogens with two attached hydrogens (primary N) is 1. The van der Waals surface area contributed by atoms with Gasteiger partial charge in [0.2, 0.25) is 12.3 Å². The van der Waals surface area contributed by atoms with Crippen LogP contribution in [0.1, 0.15) is 0 Å². The third-order valence-corrected chi connectivity index (χ3v) is 0.718. The van der Waals surface area contributed by atoms with Gasteiger partial charge >= 0.3 is 0 Å². The maximum atomic E-state index is 10.0. The van der Waals surface area contributed by atoms with E-state index in [1.807, 2.05) is 0 Å². The zero-order valence-electron chi connectivity index (χ0n) is 5.50. The van der Waals surface area contributed by atoms with Crippen molar-refractivity contribution in [2.45, 2.75) is 0 Å². The van der Waals surface area contributed by atoms with E-state index in [-0.39, 0.29) is 6.61 Å². The van der Waals surface area contributed by atoms with Crippen LogP contribution in [0.25, 0.3) is 0 Å². The van der Waals surface area contributed by atoms with E-state index in [9.17, 15) is 9.59 Å². The molecular formula is C5H10N2O3. The lowest BCUT2D eigenvalue weighted by Crippen LogP contribution is -2.23. The third-order valence-electron chi connectivity index (χ3n) is 0.718. The maximum absolute atomic E-state index is 10.0. The molecule has 0 unspecified atom stereocenters. The van der Waals surface area contributed by atoms with E-state index in [0.29, 0.717) is 19.6 Å². The normalized spacial score (nSPS) is 8.80. The van der Waals surface area contributed by atoms with E-state index in [2.05, 4.69) is 5.32 Å². The fourth-order valence-corrected chi connectivity index (χ4v) is 0.363. The Morgan fingerprint density at radius 2 is 2.40 bits per heavy atom. The van der Waals surface area contributed by atoms with Gasteiger partial charge in [0.25, 0.3) is 0 Å². The number of carbonyl (C=O) groups excluding carboxylic acids is 2. The highest BCUT2D eigenvalue weighted by Crippen LogP contribution is 1.69. The lowest BCUT2D eigenvalue weighted by Gasteiger charge is -1.98. The average Bonchev–Trinajstić information content (AvgIpc) is 1.87. The van der Waals surface area contributed by atoms with Crippen LogP contribution in [0.3, 0.4) is 0 Å². The van der Waals surface area contributed by atoms with Crippen molar-refractivity contribution in [3.63, 3.8) is 0 Å². The van der Waals surface area contributed by atoms with E-state index in [1.165, 1.54) is 0 Å². The van der Waals surface area contributed by atoms with Crippen LogP contribution in [0.4, 0.5) is 0 Å². The fraction of sp³-hybridized carbons (Fsp3) is 0.600. The molecule has 0 heterocycles. The number of amides is 2. The topological polar surface area (TPSA) is 81.4 Å². The highest BCUT2D eigenvalue weighted by atomic mass is 16.5. The highest BCUT2D eigenvalue weighted by Gasteiger charge is 1.91. The summed E-state index contributed by atoms with van der Waals surface area (Å²) >= 11 is 0. The summed E-state index contributed by atoms with van der Waals surface area (Å²) in [5, 5.41) is 2.36. The van der Waals surface area contributed by atoms with Crippen LogP contribution in [-0.2, 0) is 14.3 Å². The summed E-state index contributed by atoms with van der Waals surface area (Å²) in [7, 11) is 0. The molecule has 0 spiro atoms. The molecule has 0 bridgehead atoms. The zero-order chi connectivity index (χ0) is 7.82. The molecule has 0 aliphatic rings. The van der Waals surface area contributed by atoms with Crippen LogP contribution in [-0.4, -0.2) is 32.1 Å². The number of ether oxygens (including phenoxy) is 1. The monoisotopic (exact) mass is 146 g/mol. The van der Waals surface area contributed by atoms with E-state index >= 15 is 0 Å². The quantitative estimate of drug-likeness (QED) is 0.344. The molecule has 0 saturated heterocycles. The molecule has 0 aromatic heterocycles. The lowest BCUT2D eigenvalue weighted by molar-refractivity contribution is -0.122. The van der Waals surface area contributed by atoms with Gasteiger partial charge in [0.1, 0.15) is 6.61 Å². The van der Waals surface area contributed by atoms with E-state index in [4.69, 9.17) is 10.5 Å². The van der Waals surface area contributed by atoms with Crippen LogP contribution in [0.5, 0.6) is 0 Å². The number of carbonyl (C=O) groups is 2. The van der Waals surface area contributed by atoms with Crippen LogP contribution in [0.15, 0.2) is 0 Å². The van der Waals surface area contributed by atoms with Gasteiger partial charge in [0.05, 0.1) is 6.61 Å². The molecule has 5 heteroatoms. The fourth-order valence-electron chi connectivity index (χ4n) is 0.363. The number of nitrogens with one attached hydrogen (secondary N) is 1. The van der Waals surface area contributed by atoms with Gasteiger partial charge in [-0.2, -0.15) is 0 Å². The summed E-state index contributed by atoms with van der Waals surface area (Å²) in [6.07, 6.45) is 0.563. The second-order valence-electron chi connectivity index (χ2n) is 1.59. The minimum Gasteiger partial charge on any atom is -0.370 e. The Labute approximate surface area is 58.5 Å². The van der Waals surface area contributed by atoms with Crippen molar-refractivity contribution in [3.05, 3.63) is 0 Å². The Kier molecular flexibility index (Phi) is 5.36. The Hall–Kier alpha value is -1.10. The van der Waals surface area contributed by atoms with Gasteiger partial charge in [-0.15, -0.1) is 0 Å². The molecule has 58 valence electrons. The van der Waals surface area contributed by atoms with Gasteiger partial charge in [-0.05, 0) is 0 Å². The van der Waals surface area contributed by atoms with E-state index < -0.39 is 5.91 Å². The van der Waals surface area contributed by atoms with Gasteiger partial charge in [-0.25, -0.2) is 0 Å². The second kappa shape index (κ2) is 6.03. The zero-order valence-corrected chi connectivity index (χ0v) is 5.50. The second-order valence-corrected chi connectivity index (χ2v) is 1.59. The highest BCUT2D eigenvalue weighted by molar-refractivity contribution is 5.74. The van der Waals surface area contributed by atoms with Crippen LogP contribution in [0.2, 0.25) is 0 Å². The molecule has 0 aromatic rings. The summed E-state index contributed by atoms with van der Waals surface area (Å²) in [6.45, 7) is 0.610. The maximum Gasteiger partial charge on any atom is 0.243 e. The first-order valence-corrected chi connectivity index (χ1v) is 2.80. The van der Waals surface area contributed by atoms with Crippen LogP contribution >= 0.6 is 0 Å². The molecule has 2 amide bonds. The van der Waals surface area contributed by atoms with Crippen molar-refractivity contribution < 1.29 is 14.3 Å². The average molecular weight is 146 g/mol. The van der Waals surface area contributed by atoms with Crippen LogP contribution in [0, 0.1) is 0 Å². The molecular weight excluding hydrogens is 136 g/mol. The molecule has 0 aromatic carbocycles. The number of rotatable bonds is 6. The predicted octanol–water partition coefficient (Wildman–Crippen LogP) is -1.77. The van der Waals surface area contributed by atoms with Gasteiger partial charge < -0.3 is 15.8 Å². The summed E-state index contributed by atoms with van der Waals surface area (Å²) < 4.78 is 4.70. The molecule has 0 atom stereocenters. The summed E-state index contributed by atoms with van der Waals surface area (Å²) in [6, 6.07) is 0. The molecule has 5 nitrogen and oxygen atoms in total. The molecule has 0 aliphatic carbocycles. The minimum absolute atomic E-state index is 0.0967. The van der Waals surface area contributed by atoms with Crippen molar-refractivity contribution >= 4 is 12.3 Å². The Bertz CT molecular complexity index is 115. The minimum atomic E-state index is -0.508. The molecule has 0 aliphatic heterocycles. The smallest absolute Gasteiger partial charge is 0.243 e. The summed E-state index contributed by atoms with van der Waals surface area (Å²) in [5.74, 6) is -0.508. The Morgan fingerprint density at radius 1 is 1.70 bits per heavy atom. The molecule has 0 rings (SSSR count). The standard InChI is InChI=1S/C5H10N2O3/c6-5(9)3-10-2-1-7-4-8/h4H,1-3H2,(H2,6,9)(H,7,8). The molecule has 0 radical (unpaired) electrons. The third kappa shape index (κ3) is 6.90. The first-order chi connectivity index (χ1) is 4.77. The van der Waals surface area contributed by atoms with Crippen molar-refractivity contribution in [3.8, 4) is 0 Å². The molecule has 0 fully saturated rings. The lowest BCUT2D eigenvalue weighted by atomic mass is 10.6. The largest absolute Gasteiger partial charge is 0.370 e. The molecule has 10 heavy (non-hydrogen) atoms. The Morgan fingerprint density at radius 3 is 2.90 bits per heavy atom. The van der Waals surface area contributed by atoms with Crippen LogP contribution < -0.4 is 11.1 Å². The van der Waals surface area contributed by atoms with Gasteiger partial charge in [0.15, 0.2) is 0 Å². The number of primary amides is 1. The molecule has 3 N–H and O–H groups in total. The van der Waals surface area contributed by atoms with E-state index in [1.54, 1.807) is 0 Å². The SMILES string of the molecule is NC(=O)COCCNC=O. The van der Waals surface area contributed by atoms with Gasteiger partial charge in [-0.3, -0.25) is 9.59 Å². The first-order valence-electron chi connectivity index (χ1n) is 2.80. The Balaban J connectivity index is 2.90.